The molecule has 2 atom stereocenters. The summed E-state index contributed by atoms with van der Waals surface area (Å²) in [6.45, 7) is 1.78. The zero-order valence-electron chi connectivity index (χ0n) is 13.6. The quantitative estimate of drug-likeness (QED) is 0.775. The van der Waals surface area contributed by atoms with Gasteiger partial charge in [0.2, 0.25) is 11.8 Å². The van der Waals surface area contributed by atoms with Gasteiger partial charge in [0.1, 0.15) is 0 Å². The predicted molar refractivity (Wildman–Crippen MR) is 91.4 cm³/mol. The average Bonchev–Trinajstić information content (AvgIpc) is 3.39. The third-order valence-corrected chi connectivity index (χ3v) is 4.44. The number of carbonyl (C=O) groups is 2. The summed E-state index contributed by atoms with van der Waals surface area (Å²) in [4.78, 5) is 24.3. The maximum atomic E-state index is 13.6. The topological polar surface area (TPSA) is 58.2 Å². The van der Waals surface area contributed by atoms with E-state index in [1.165, 1.54) is 0 Å². The second kappa shape index (κ2) is 6.99. The molecule has 0 heterocycles. The first-order chi connectivity index (χ1) is 12.3. The van der Waals surface area contributed by atoms with Crippen LogP contribution in [0, 0.1) is 36.2 Å². The van der Waals surface area contributed by atoms with Gasteiger partial charge in [0.15, 0.2) is 17.5 Å². The molecule has 2 unspecified atom stereocenters. The van der Waals surface area contributed by atoms with Gasteiger partial charge in [-0.15, -0.1) is 0 Å². The number of benzene rings is 2. The van der Waals surface area contributed by atoms with Crippen LogP contribution in [0.2, 0.25) is 5.02 Å². The van der Waals surface area contributed by atoms with Crippen molar-refractivity contribution in [1.82, 2.24) is 0 Å². The van der Waals surface area contributed by atoms with Crippen molar-refractivity contribution in [2.24, 2.45) is 11.8 Å². The van der Waals surface area contributed by atoms with Crippen LogP contribution < -0.4 is 10.6 Å². The lowest BCUT2D eigenvalue weighted by Gasteiger charge is -2.09. The number of halogens is 4. The van der Waals surface area contributed by atoms with Crippen molar-refractivity contribution in [3.05, 3.63) is 58.4 Å². The number of hydrogen-bond acceptors (Lipinski definition) is 2. The molecule has 8 heteroatoms. The smallest absolute Gasteiger partial charge is 0.228 e. The van der Waals surface area contributed by atoms with Crippen LogP contribution in [0.5, 0.6) is 0 Å². The third kappa shape index (κ3) is 3.67. The van der Waals surface area contributed by atoms with Crippen molar-refractivity contribution in [3.8, 4) is 0 Å². The van der Waals surface area contributed by atoms with Crippen LogP contribution >= 0.6 is 11.6 Å². The monoisotopic (exact) mass is 382 g/mol. The molecule has 1 aliphatic carbocycles. The lowest BCUT2D eigenvalue weighted by molar-refractivity contribution is -0.122. The minimum atomic E-state index is -1.66. The minimum absolute atomic E-state index is 0.287. The first-order valence-electron chi connectivity index (χ1n) is 7.79. The van der Waals surface area contributed by atoms with Gasteiger partial charge in [0, 0.05) is 10.7 Å². The molecule has 4 nitrogen and oxygen atoms in total. The van der Waals surface area contributed by atoms with Gasteiger partial charge in [-0.05, 0) is 49.2 Å². The molecule has 0 spiro atoms. The van der Waals surface area contributed by atoms with Crippen molar-refractivity contribution < 1.29 is 22.8 Å². The van der Waals surface area contributed by atoms with Gasteiger partial charge in [-0.25, -0.2) is 13.2 Å². The molecular formula is C18H14ClF3N2O2. The average molecular weight is 383 g/mol. The van der Waals surface area contributed by atoms with Crippen LogP contribution in [-0.4, -0.2) is 11.8 Å². The van der Waals surface area contributed by atoms with Crippen LogP contribution in [0.25, 0.3) is 0 Å². The van der Waals surface area contributed by atoms with Gasteiger partial charge >= 0.3 is 0 Å². The Morgan fingerprint density at radius 2 is 1.54 bits per heavy atom. The Hall–Kier alpha value is -2.54. The van der Waals surface area contributed by atoms with E-state index in [0.717, 1.165) is 11.6 Å². The number of anilines is 2. The maximum absolute atomic E-state index is 13.6. The number of rotatable bonds is 4. The molecule has 1 saturated carbocycles. The van der Waals surface area contributed by atoms with Crippen molar-refractivity contribution in [2.75, 3.05) is 10.6 Å². The standard InChI is InChI=1S/C18H14ClF3N2O2/c1-8-6-9(19)2-4-13(8)23-17(25)10-7-11(10)18(26)24-14-5-3-12(20)15(21)16(14)22/h2-6,10-11H,7H2,1H3,(H,23,25)(H,24,26). The number of carbonyl (C=O) groups excluding carboxylic acids is 2. The van der Waals surface area contributed by atoms with E-state index < -0.39 is 40.9 Å². The highest BCUT2D eigenvalue weighted by molar-refractivity contribution is 6.30. The summed E-state index contributed by atoms with van der Waals surface area (Å²) in [6, 6.07) is 6.63. The molecule has 1 aliphatic rings. The first kappa shape index (κ1) is 18.3. The number of nitrogens with one attached hydrogen (secondary N) is 2. The number of amides is 2. The van der Waals surface area contributed by atoms with Gasteiger partial charge in [-0.2, -0.15) is 0 Å². The highest BCUT2D eigenvalue weighted by atomic mass is 35.5. The van der Waals surface area contributed by atoms with E-state index in [4.69, 9.17) is 11.6 Å². The van der Waals surface area contributed by atoms with Crippen LogP contribution in [0.1, 0.15) is 12.0 Å². The summed E-state index contributed by atoms with van der Waals surface area (Å²) in [6.07, 6.45) is 0.287. The van der Waals surface area contributed by atoms with Crippen molar-refractivity contribution in [2.45, 2.75) is 13.3 Å². The summed E-state index contributed by atoms with van der Waals surface area (Å²) in [5.74, 6) is -6.68. The van der Waals surface area contributed by atoms with E-state index in [-0.39, 0.29) is 12.3 Å². The first-order valence-corrected chi connectivity index (χ1v) is 8.17. The molecule has 3 rings (SSSR count). The van der Waals surface area contributed by atoms with Crippen molar-refractivity contribution in [3.63, 3.8) is 0 Å². The molecule has 0 bridgehead atoms. The number of hydrogen-bond donors (Lipinski definition) is 2. The second-order valence-corrected chi connectivity index (χ2v) is 6.55. The molecule has 0 saturated heterocycles. The zero-order chi connectivity index (χ0) is 19.0. The fourth-order valence-electron chi connectivity index (χ4n) is 2.62. The molecule has 2 aromatic carbocycles. The van der Waals surface area contributed by atoms with E-state index in [0.29, 0.717) is 16.8 Å². The highest BCUT2D eigenvalue weighted by Crippen LogP contribution is 2.40. The molecule has 2 aromatic rings. The fraction of sp³-hybridized carbons (Fsp3) is 0.222. The largest absolute Gasteiger partial charge is 0.326 e. The van der Waals surface area contributed by atoms with Gasteiger partial charge in [-0.1, -0.05) is 11.6 Å². The van der Waals surface area contributed by atoms with E-state index in [9.17, 15) is 22.8 Å². The molecule has 1 fully saturated rings. The molecule has 2 N–H and O–H groups in total. The molecule has 0 radical (unpaired) electrons. The molecule has 0 aliphatic heterocycles. The van der Waals surface area contributed by atoms with Gasteiger partial charge in [-0.3, -0.25) is 9.59 Å². The zero-order valence-corrected chi connectivity index (χ0v) is 14.3. The Bertz CT molecular complexity index is 904. The van der Waals surface area contributed by atoms with E-state index >= 15 is 0 Å². The second-order valence-electron chi connectivity index (χ2n) is 6.11. The molecule has 26 heavy (non-hydrogen) atoms. The Morgan fingerprint density at radius 1 is 0.962 bits per heavy atom. The van der Waals surface area contributed by atoms with Crippen molar-refractivity contribution in [1.29, 1.82) is 0 Å². The van der Waals surface area contributed by atoms with E-state index in [1.54, 1.807) is 25.1 Å². The number of aryl methyl sites for hydroxylation is 1. The summed E-state index contributed by atoms with van der Waals surface area (Å²) < 4.78 is 39.7. The van der Waals surface area contributed by atoms with E-state index in [2.05, 4.69) is 10.6 Å². The third-order valence-electron chi connectivity index (χ3n) is 4.20. The Kier molecular flexibility index (Phi) is 4.91. The van der Waals surface area contributed by atoms with Gasteiger partial charge in [0.25, 0.3) is 0 Å². The summed E-state index contributed by atoms with van der Waals surface area (Å²) in [5.41, 5.74) is 0.891. The fourth-order valence-corrected chi connectivity index (χ4v) is 2.84. The predicted octanol–water partition coefficient (Wildman–Crippen LogP) is 4.28. The normalized spacial score (nSPS) is 18.3. The summed E-state index contributed by atoms with van der Waals surface area (Å²) in [7, 11) is 0. The molecule has 136 valence electrons. The van der Waals surface area contributed by atoms with Crippen LogP contribution in [-0.2, 0) is 9.59 Å². The van der Waals surface area contributed by atoms with Crippen LogP contribution in [0.3, 0.4) is 0 Å². The Morgan fingerprint density at radius 3 is 2.15 bits per heavy atom. The van der Waals surface area contributed by atoms with Gasteiger partial charge in [0.05, 0.1) is 17.5 Å². The van der Waals surface area contributed by atoms with Crippen LogP contribution in [0.4, 0.5) is 24.5 Å². The lowest BCUT2D eigenvalue weighted by Crippen LogP contribution is -2.21. The Labute approximate surface area is 152 Å². The minimum Gasteiger partial charge on any atom is -0.326 e. The molecule has 2 amide bonds. The molecular weight excluding hydrogens is 369 g/mol. The molecule has 0 aromatic heterocycles. The summed E-state index contributed by atoms with van der Waals surface area (Å²) in [5, 5.41) is 5.44. The highest BCUT2D eigenvalue weighted by Gasteiger charge is 2.48. The van der Waals surface area contributed by atoms with Crippen LogP contribution in [0.15, 0.2) is 30.3 Å². The Balaban J connectivity index is 1.62. The van der Waals surface area contributed by atoms with Crippen molar-refractivity contribution >= 4 is 34.8 Å². The SMILES string of the molecule is Cc1cc(Cl)ccc1NC(=O)C1CC1C(=O)Nc1ccc(F)c(F)c1F. The lowest BCUT2D eigenvalue weighted by atomic mass is 10.2. The van der Waals surface area contributed by atoms with Gasteiger partial charge < -0.3 is 10.6 Å². The maximum Gasteiger partial charge on any atom is 0.228 e. The summed E-state index contributed by atoms with van der Waals surface area (Å²) >= 11 is 5.86. The van der Waals surface area contributed by atoms with E-state index in [1.807, 2.05) is 0 Å².